The molecule has 0 radical (unpaired) electrons. The second-order valence-electron chi connectivity index (χ2n) is 2.81. The number of nitrogens with zero attached hydrogens (tertiary/aromatic N) is 1. The van der Waals surface area contributed by atoms with E-state index in [4.69, 9.17) is 11.5 Å². The smallest absolute Gasteiger partial charge is 0.356 e. The molecule has 0 fully saturated rings. The van der Waals surface area contributed by atoms with Crippen molar-refractivity contribution < 1.29 is 9.53 Å². The van der Waals surface area contributed by atoms with Crippen molar-refractivity contribution in [3.05, 3.63) is 23.5 Å². The van der Waals surface area contributed by atoms with Crippen molar-refractivity contribution in [3.63, 3.8) is 0 Å². The van der Waals surface area contributed by atoms with Gasteiger partial charge in [0.05, 0.1) is 7.11 Å². The normalized spacial score (nSPS) is 9.86. The van der Waals surface area contributed by atoms with Gasteiger partial charge >= 0.3 is 5.97 Å². The number of carbonyl (C=O) groups excluding carboxylic acids is 1. The summed E-state index contributed by atoms with van der Waals surface area (Å²) < 4.78 is 4.54. The van der Waals surface area contributed by atoms with E-state index in [1.807, 2.05) is 0 Å². The number of nitrogens with two attached hydrogens (primary N) is 2. The van der Waals surface area contributed by atoms with E-state index in [1.54, 1.807) is 6.07 Å². The number of rotatable bonds is 3. The summed E-state index contributed by atoms with van der Waals surface area (Å²) in [6.07, 6.45) is 0.592. The Bertz CT molecular complexity index is 339. The molecule has 0 unspecified atom stereocenters. The highest BCUT2D eigenvalue weighted by Gasteiger charge is 2.09. The van der Waals surface area contributed by atoms with Gasteiger partial charge < -0.3 is 16.2 Å². The van der Waals surface area contributed by atoms with Crippen LogP contribution in [-0.2, 0) is 11.2 Å². The van der Waals surface area contributed by atoms with Crippen LogP contribution in [0.25, 0.3) is 0 Å². The van der Waals surface area contributed by atoms with Crippen molar-refractivity contribution in [2.75, 3.05) is 19.4 Å². The molecule has 0 aliphatic rings. The molecule has 1 aromatic rings. The summed E-state index contributed by atoms with van der Waals surface area (Å²) in [4.78, 5) is 15.2. The van der Waals surface area contributed by atoms with Gasteiger partial charge in [-0.3, -0.25) is 0 Å². The second-order valence-corrected chi connectivity index (χ2v) is 2.81. The lowest BCUT2D eigenvalue weighted by molar-refractivity contribution is 0.0594. The summed E-state index contributed by atoms with van der Waals surface area (Å²) in [5.41, 5.74) is 12.4. The van der Waals surface area contributed by atoms with Gasteiger partial charge in [0.1, 0.15) is 0 Å². The van der Waals surface area contributed by atoms with Gasteiger partial charge in [-0.05, 0) is 18.7 Å². The number of hydrogen-bond acceptors (Lipinski definition) is 5. The molecule has 0 bridgehead atoms. The average molecular weight is 195 g/mol. The first-order valence-electron chi connectivity index (χ1n) is 4.22. The van der Waals surface area contributed by atoms with Crippen LogP contribution in [0.3, 0.4) is 0 Å². The molecule has 0 aliphatic carbocycles. The highest BCUT2D eigenvalue weighted by Crippen LogP contribution is 2.09. The minimum atomic E-state index is -0.490. The third kappa shape index (κ3) is 2.43. The Morgan fingerprint density at radius 2 is 2.29 bits per heavy atom. The summed E-state index contributed by atoms with van der Waals surface area (Å²) in [6.45, 7) is 0.469. The minimum Gasteiger partial charge on any atom is -0.464 e. The monoisotopic (exact) mass is 195 g/mol. The first-order valence-corrected chi connectivity index (χ1v) is 4.22. The molecule has 0 saturated carbocycles. The van der Waals surface area contributed by atoms with Gasteiger partial charge in [-0.25, -0.2) is 9.78 Å². The molecule has 1 rings (SSSR count). The Kier molecular flexibility index (Phi) is 3.41. The second kappa shape index (κ2) is 4.57. The van der Waals surface area contributed by atoms with Crippen LogP contribution in [0.4, 0.5) is 5.69 Å². The summed E-state index contributed by atoms with van der Waals surface area (Å²) in [6, 6.07) is 3.17. The van der Waals surface area contributed by atoms with Crippen molar-refractivity contribution in [3.8, 4) is 0 Å². The van der Waals surface area contributed by atoms with Crippen molar-refractivity contribution in [1.29, 1.82) is 0 Å². The van der Waals surface area contributed by atoms with Crippen LogP contribution in [-0.4, -0.2) is 24.6 Å². The summed E-state index contributed by atoms with van der Waals surface area (Å²) >= 11 is 0. The number of esters is 1. The predicted octanol–water partition coefficient (Wildman–Crippen LogP) is -0.0484. The number of ether oxygens (including phenoxy) is 1. The Balaban J connectivity index is 3.00. The van der Waals surface area contributed by atoms with Crippen LogP contribution in [0.2, 0.25) is 0 Å². The summed E-state index contributed by atoms with van der Waals surface area (Å²) in [5.74, 6) is -0.490. The zero-order valence-electron chi connectivity index (χ0n) is 7.99. The first-order chi connectivity index (χ1) is 6.67. The number of anilines is 1. The Morgan fingerprint density at radius 3 is 2.86 bits per heavy atom. The van der Waals surface area contributed by atoms with Crippen LogP contribution in [0.5, 0.6) is 0 Å². The zero-order chi connectivity index (χ0) is 10.6. The van der Waals surface area contributed by atoms with Gasteiger partial charge in [-0.15, -0.1) is 0 Å². The van der Waals surface area contributed by atoms with E-state index in [1.165, 1.54) is 13.2 Å². The molecule has 0 spiro atoms. The standard InChI is InChI=1S/C9H13N3O2/c1-14-9(13)8-5-6(11)4-7(12-8)2-3-10/h4-5H,2-3,10H2,1H3,(H2,11,12). The summed E-state index contributed by atoms with van der Waals surface area (Å²) in [5, 5.41) is 0. The topological polar surface area (TPSA) is 91.2 Å². The molecular weight excluding hydrogens is 182 g/mol. The number of nitrogen functional groups attached to an aromatic ring is 1. The van der Waals surface area contributed by atoms with Crippen molar-refractivity contribution in [2.24, 2.45) is 5.73 Å². The van der Waals surface area contributed by atoms with E-state index >= 15 is 0 Å². The van der Waals surface area contributed by atoms with Gasteiger partial charge in [-0.2, -0.15) is 0 Å². The third-order valence-electron chi connectivity index (χ3n) is 1.70. The predicted molar refractivity (Wildman–Crippen MR) is 52.7 cm³/mol. The molecule has 0 atom stereocenters. The van der Waals surface area contributed by atoms with Crippen LogP contribution in [0.1, 0.15) is 16.2 Å². The minimum absolute atomic E-state index is 0.218. The molecule has 0 amide bonds. The number of methoxy groups -OCH3 is 1. The molecule has 5 nitrogen and oxygen atoms in total. The van der Waals surface area contributed by atoms with Crippen LogP contribution < -0.4 is 11.5 Å². The SMILES string of the molecule is COC(=O)c1cc(N)cc(CCN)n1. The lowest BCUT2D eigenvalue weighted by atomic mass is 10.2. The molecule has 0 saturated heterocycles. The van der Waals surface area contributed by atoms with E-state index in [2.05, 4.69) is 9.72 Å². The maximum Gasteiger partial charge on any atom is 0.356 e. The fourth-order valence-electron chi connectivity index (χ4n) is 1.10. The van der Waals surface area contributed by atoms with Crippen LogP contribution >= 0.6 is 0 Å². The fourth-order valence-corrected chi connectivity index (χ4v) is 1.10. The van der Waals surface area contributed by atoms with E-state index in [9.17, 15) is 4.79 Å². The average Bonchev–Trinajstić information content (AvgIpc) is 2.16. The Morgan fingerprint density at radius 1 is 1.57 bits per heavy atom. The molecule has 0 aliphatic heterocycles. The van der Waals surface area contributed by atoms with Gasteiger partial charge in [-0.1, -0.05) is 0 Å². The highest BCUT2D eigenvalue weighted by atomic mass is 16.5. The lowest BCUT2D eigenvalue weighted by Crippen LogP contribution is -2.10. The molecule has 14 heavy (non-hydrogen) atoms. The fraction of sp³-hybridized carbons (Fsp3) is 0.333. The lowest BCUT2D eigenvalue weighted by Gasteiger charge is -2.03. The highest BCUT2D eigenvalue weighted by molar-refractivity contribution is 5.88. The third-order valence-corrected chi connectivity index (χ3v) is 1.70. The van der Waals surface area contributed by atoms with Gasteiger partial charge in [0.2, 0.25) is 0 Å². The molecular formula is C9H13N3O2. The van der Waals surface area contributed by atoms with Crippen LogP contribution in [0.15, 0.2) is 12.1 Å². The number of pyridine rings is 1. The van der Waals surface area contributed by atoms with Gasteiger partial charge in [0, 0.05) is 17.8 Å². The van der Waals surface area contributed by atoms with E-state index < -0.39 is 5.97 Å². The largest absolute Gasteiger partial charge is 0.464 e. The Hall–Kier alpha value is -1.62. The quantitative estimate of drug-likeness (QED) is 0.660. The maximum absolute atomic E-state index is 11.2. The molecule has 4 N–H and O–H groups in total. The van der Waals surface area contributed by atoms with E-state index in [0.29, 0.717) is 24.3 Å². The van der Waals surface area contributed by atoms with Crippen molar-refractivity contribution in [1.82, 2.24) is 4.98 Å². The number of carbonyl (C=O) groups is 1. The van der Waals surface area contributed by atoms with Crippen LogP contribution in [0, 0.1) is 0 Å². The molecule has 76 valence electrons. The van der Waals surface area contributed by atoms with E-state index in [0.717, 1.165) is 0 Å². The first kappa shape index (κ1) is 10.5. The molecule has 5 heteroatoms. The maximum atomic E-state index is 11.2. The van der Waals surface area contributed by atoms with E-state index in [-0.39, 0.29) is 5.69 Å². The zero-order valence-corrected chi connectivity index (χ0v) is 7.99. The Labute approximate surface area is 82.1 Å². The molecule has 1 heterocycles. The van der Waals surface area contributed by atoms with Crippen molar-refractivity contribution >= 4 is 11.7 Å². The number of hydrogen-bond donors (Lipinski definition) is 2. The van der Waals surface area contributed by atoms with Gasteiger partial charge in [0.15, 0.2) is 5.69 Å². The summed E-state index contributed by atoms with van der Waals surface area (Å²) in [7, 11) is 1.30. The van der Waals surface area contributed by atoms with Crippen molar-refractivity contribution in [2.45, 2.75) is 6.42 Å². The molecule has 0 aromatic carbocycles. The number of aromatic nitrogens is 1. The molecule has 1 aromatic heterocycles. The van der Waals surface area contributed by atoms with Gasteiger partial charge in [0.25, 0.3) is 0 Å².